The van der Waals surface area contributed by atoms with Gasteiger partial charge in [-0.05, 0) is 43.3 Å². The van der Waals surface area contributed by atoms with Crippen LogP contribution in [0.4, 0.5) is 13.2 Å². The summed E-state index contributed by atoms with van der Waals surface area (Å²) in [5.74, 6) is 0.578. The minimum absolute atomic E-state index is 0.0586. The second-order valence-corrected chi connectivity index (χ2v) is 6.12. The van der Waals surface area contributed by atoms with Gasteiger partial charge in [-0.15, -0.1) is 13.2 Å². The number of sulfonamides is 1. The van der Waals surface area contributed by atoms with Gasteiger partial charge in [0.05, 0.1) is 11.4 Å². The van der Waals surface area contributed by atoms with Crippen molar-refractivity contribution in [3.63, 3.8) is 0 Å². The van der Waals surface area contributed by atoms with Crippen molar-refractivity contribution in [2.24, 2.45) is 0 Å². The first kappa shape index (κ1) is 16.4. The molecule has 120 valence electrons. The highest BCUT2D eigenvalue weighted by atomic mass is 32.2. The summed E-state index contributed by atoms with van der Waals surface area (Å²) >= 11 is 0. The Morgan fingerprint density at radius 3 is 2.27 bits per heavy atom. The van der Waals surface area contributed by atoms with Crippen LogP contribution in [0.1, 0.15) is 11.5 Å². The van der Waals surface area contributed by atoms with Crippen molar-refractivity contribution in [2.45, 2.75) is 24.7 Å². The lowest BCUT2D eigenvalue weighted by molar-refractivity contribution is -0.274. The van der Waals surface area contributed by atoms with Crippen LogP contribution in [0.5, 0.6) is 5.75 Å². The Morgan fingerprint density at radius 1 is 1.14 bits per heavy atom. The average molecular weight is 335 g/mol. The number of hydrogen-bond donors (Lipinski definition) is 1. The van der Waals surface area contributed by atoms with E-state index < -0.39 is 22.1 Å². The fourth-order valence-electron chi connectivity index (χ4n) is 1.65. The second-order valence-electron chi connectivity index (χ2n) is 4.36. The monoisotopic (exact) mass is 335 g/mol. The molecular formula is C13H12F3NO4S. The zero-order valence-corrected chi connectivity index (χ0v) is 12.2. The highest BCUT2D eigenvalue weighted by Gasteiger charge is 2.31. The lowest BCUT2D eigenvalue weighted by Crippen LogP contribution is -2.23. The van der Waals surface area contributed by atoms with E-state index in [0.29, 0.717) is 11.5 Å². The van der Waals surface area contributed by atoms with Crippen LogP contribution in [0.15, 0.2) is 45.7 Å². The molecule has 0 aliphatic rings. The maximum Gasteiger partial charge on any atom is 0.573 e. The van der Waals surface area contributed by atoms with Crippen LogP contribution in [0.3, 0.4) is 0 Å². The molecule has 1 N–H and O–H groups in total. The van der Waals surface area contributed by atoms with Gasteiger partial charge in [0.1, 0.15) is 17.3 Å². The predicted molar refractivity (Wildman–Crippen MR) is 70.6 cm³/mol. The lowest BCUT2D eigenvalue weighted by atomic mass is 10.3. The molecule has 0 bridgehead atoms. The van der Waals surface area contributed by atoms with Crippen molar-refractivity contribution in [1.82, 2.24) is 4.72 Å². The van der Waals surface area contributed by atoms with Crippen molar-refractivity contribution in [2.75, 3.05) is 0 Å². The Bertz CT molecular complexity index is 735. The molecule has 0 saturated heterocycles. The van der Waals surface area contributed by atoms with E-state index in [1.54, 1.807) is 19.1 Å². The number of alkyl halides is 3. The average Bonchev–Trinajstić information content (AvgIpc) is 2.81. The minimum Gasteiger partial charge on any atom is -0.465 e. The molecule has 22 heavy (non-hydrogen) atoms. The summed E-state index contributed by atoms with van der Waals surface area (Å²) in [6, 6.07) is 7.22. The maximum absolute atomic E-state index is 12.0. The molecule has 2 aromatic rings. The van der Waals surface area contributed by atoms with Crippen LogP contribution in [0.2, 0.25) is 0 Å². The molecule has 0 fully saturated rings. The van der Waals surface area contributed by atoms with E-state index in [2.05, 4.69) is 9.46 Å². The van der Waals surface area contributed by atoms with Crippen LogP contribution in [-0.2, 0) is 16.6 Å². The van der Waals surface area contributed by atoms with E-state index in [1.165, 1.54) is 0 Å². The van der Waals surface area contributed by atoms with Gasteiger partial charge in [-0.3, -0.25) is 0 Å². The smallest absolute Gasteiger partial charge is 0.465 e. The summed E-state index contributed by atoms with van der Waals surface area (Å²) in [5, 5.41) is 0. The molecule has 0 saturated carbocycles. The zero-order valence-electron chi connectivity index (χ0n) is 11.3. The van der Waals surface area contributed by atoms with Crippen molar-refractivity contribution >= 4 is 10.0 Å². The Kier molecular flexibility index (Phi) is 4.47. The fourth-order valence-corrected chi connectivity index (χ4v) is 2.64. The van der Waals surface area contributed by atoms with Gasteiger partial charge in [0.25, 0.3) is 0 Å². The largest absolute Gasteiger partial charge is 0.573 e. The highest BCUT2D eigenvalue weighted by Crippen LogP contribution is 2.23. The molecule has 5 nitrogen and oxygen atoms in total. The van der Waals surface area contributed by atoms with Gasteiger partial charge in [0, 0.05) is 0 Å². The quantitative estimate of drug-likeness (QED) is 0.912. The topological polar surface area (TPSA) is 68.5 Å². The summed E-state index contributed by atoms with van der Waals surface area (Å²) in [5.41, 5.74) is 0. The normalized spacial score (nSPS) is 12.4. The molecular weight excluding hydrogens is 323 g/mol. The number of nitrogens with one attached hydrogen (secondary N) is 1. The molecule has 1 heterocycles. The van der Waals surface area contributed by atoms with Gasteiger partial charge in [-0.25, -0.2) is 13.1 Å². The van der Waals surface area contributed by atoms with E-state index in [9.17, 15) is 21.6 Å². The molecule has 0 spiro atoms. The van der Waals surface area contributed by atoms with E-state index in [-0.39, 0.29) is 11.4 Å². The maximum atomic E-state index is 12.0. The Balaban J connectivity index is 2.06. The number of rotatable bonds is 5. The van der Waals surface area contributed by atoms with Crippen molar-refractivity contribution in [1.29, 1.82) is 0 Å². The van der Waals surface area contributed by atoms with E-state index in [4.69, 9.17) is 4.42 Å². The van der Waals surface area contributed by atoms with Crippen molar-refractivity contribution in [3.05, 3.63) is 47.9 Å². The summed E-state index contributed by atoms with van der Waals surface area (Å²) in [6.07, 6.45) is -4.82. The number of furan rings is 1. The fraction of sp³-hybridized carbons (Fsp3) is 0.231. The molecule has 0 aliphatic heterocycles. The van der Waals surface area contributed by atoms with Crippen LogP contribution >= 0.6 is 0 Å². The van der Waals surface area contributed by atoms with E-state index in [0.717, 1.165) is 24.3 Å². The molecule has 0 radical (unpaired) electrons. The number of ether oxygens (including phenoxy) is 1. The summed E-state index contributed by atoms with van der Waals surface area (Å²) in [4.78, 5) is -0.176. The predicted octanol–water partition coefficient (Wildman–Crippen LogP) is 2.97. The lowest BCUT2D eigenvalue weighted by Gasteiger charge is -2.10. The third-order valence-corrected chi connectivity index (χ3v) is 4.02. The SMILES string of the molecule is Cc1ccc(CNS(=O)(=O)c2ccc(OC(F)(F)F)cc2)o1. The molecule has 0 unspecified atom stereocenters. The third-order valence-electron chi connectivity index (χ3n) is 2.60. The first-order valence-corrected chi connectivity index (χ1v) is 7.55. The summed E-state index contributed by atoms with van der Waals surface area (Å²) < 4.78 is 71.2. The molecule has 9 heteroatoms. The van der Waals surface area contributed by atoms with Crippen LogP contribution < -0.4 is 9.46 Å². The molecule has 1 aromatic carbocycles. The van der Waals surface area contributed by atoms with Crippen LogP contribution in [0.25, 0.3) is 0 Å². The standard InChI is InChI=1S/C13H12F3NO4S/c1-9-2-3-11(20-9)8-17-22(18,19)12-6-4-10(5-7-12)21-13(14,15)16/h2-7,17H,8H2,1H3. The van der Waals surface area contributed by atoms with Crippen LogP contribution in [-0.4, -0.2) is 14.8 Å². The van der Waals surface area contributed by atoms with Crippen molar-refractivity contribution < 1.29 is 30.7 Å². The Morgan fingerprint density at radius 2 is 1.77 bits per heavy atom. The van der Waals surface area contributed by atoms with Gasteiger partial charge in [-0.1, -0.05) is 0 Å². The second kappa shape index (κ2) is 6.01. The number of benzene rings is 1. The van der Waals surface area contributed by atoms with Gasteiger partial charge in [0.15, 0.2) is 0 Å². The Labute approximate surface area is 124 Å². The van der Waals surface area contributed by atoms with E-state index in [1.807, 2.05) is 0 Å². The molecule has 1 aromatic heterocycles. The van der Waals surface area contributed by atoms with Gasteiger partial charge < -0.3 is 9.15 Å². The summed E-state index contributed by atoms with van der Waals surface area (Å²) in [7, 11) is -3.86. The van der Waals surface area contributed by atoms with Crippen molar-refractivity contribution in [3.8, 4) is 5.75 Å². The van der Waals surface area contributed by atoms with E-state index >= 15 is 0 Å². The first-order chi connectivity index (χ1) is 10.2. The van der Waals surface area contributed by atoms with Crippen LogP contribution in [0, 0.1) is 6.92 Å². The zero-order chi connectivity index (χ0) is 16.4. The molecule has 0 amide bonds. The first-order valence-electron chi connectivity index (χ1n) is 6.06. The number of aryl methyl sites for hydroxylation is 1. The third kappa shape index (κ3) is 4.50. The molecule has 0 atom stereocenters. The van der Waals surface area contributed by atoms with Gasteiger partial charge >= 0.3 is 6.36 Å². The Hall–Kier alpha value is -2.00. The highest BCUT2D eigenvalue weighted by molar-refractivity contribution is 7.89. The number of hydrogen-bond acceptors (Lipinski definition) is 4. The molecule has 0 aliphatic carbocycles. The van der Waals surface area contributed by atoms with Gasteiger partial charge in [0.2, 0.25) is 10.0 Å². The van der Waals surface area contributed by atoms with Gasteiger partial charge in [-0.2, -0.15) is 0 Å². The minimum atomic E-state index is -4.82. The number of halogens is 3. The molecule has 2 rings (SSSR count). The summed E-state index contributed by atoms with van der Waals surface area (Å²) in [6.45, 7) is 1.66.